The Balaban J connectivity index is 1.63. The van der Waals surface area contributed by atoms with Crippen LogP contribution in [0, 0.1) is 5.92 Å². The van der Waals surface area contributed by atoms with Crippen molar-refractivity contribution in [2.45, 2.75) is 49.2 Å². The number of hydrogen-bond donors (Lipinski definition) is 2. The van der Waals surface area contributed by atoms with E-state index in [4.69, 9.17) is 5.73 Å². The maximum Gasteiger partial charge on any atom is 0.260 e. The highest BCUT2D eigenvalue weighted by Crippen LogP contribution is 2.33. The molecule has 8 nitrogen and oxygen atoms in total. The number of carbonyl (C=O) groups is 2. The minimum absolute atomic E-state index is 0.0817. The lowest BCUT2D eigenvalue weighted by Crippen LogP contribution is -2.49. The number of sulfonamides is 1. The lowest BCUT2D eigenvalue weighted by atomic mass is 10.1. The molecule has 3 rings (SSSR count). The van der Waals surface area contributed by atoms with Gasteiger partial charge in [0.05, 0.1) is 18.6 Å². The SMILES string of the molecule is N[C@@H](CC1CC1)C(=O)NC1CCCN(S(=O)(=O)c2ccccn2)CC1=O. The zero-order valence-electron chi connectivity index (χ0n) is 14.5. The van der Waals surface area contributed by atoms with E-state index in [0.717, 1.165) is 17.1 Å². The lowest BCUT2D eigenvalue weighted by molar-refractivity contribution is -0.128. The normalized spacial score (nSPS) is 23.3. The molecule has 1 saturated heterocycles. The summed E-state index contributed by atoms with van der Waals surface area (Å²) in [5, 5.41) is 2.62. The lowest BCUT2D eigenvalue weighted by Gasteiger charge is -2.20. The molecule has 2 heterocycles. The van der Waals surface area contributed by atoms with Crippen molar-refractivity contribution in [1.82, 2.24) is 14.6 Å². The number of carbonyl (C=O) groups excluding carboxylic acids is 2. The molecule has 0 radical (unpaired) electrons. The number of aromatic nitrogens is 1. The second-order valence-corrected chi connectivity index (χ2v) is 8.85. The summed E-state index contributed by atoms with van der Waals surface area (Å²) < 4.78 is 26.4. The summed E-state index contributed by atoms with van der Waals surface area (Å²) in [6.45, 7) is -0.0626. The maximum atomic E-state index is 12.7. The van der Waals surface area contributed by atoms with Crippen LogP contribution in [0.4, 0.5) is 0 Å². The van der Waals surface area contributed by atoms with Crippen molar-refractivity contribution < 1.29 is 18.0 Å². The molecule has 142 valence electrons. The van der Waals surface area contributed by atoms with Crippen LogP contribution in [-0.4, -0.2) is 54.6 Å². The Morgan fingerprint density at radius 1 is 1.35 bits per heavy atom. The molecule has 3 N–H and O–H groups in total. The highest BCUT2D eigenvalue weighted by molar-refractivity contribution is 7.89. The molecule has 1 amide bonds. The van der Waals surface area contributed by atoms with Crippen LogP contribution >= 0.6 is 0 Å². The molecule has 9 heteroatoms. The molecule has 26 heavy (non-hydrogen) atoms. The molecule has 0 aromatic carbocycles. The van der Waals surface area contributed by atoms with Crippen LogP contribution in [0.3, 0.4) is 0 Å². The number of pyridine rings is 1. The number of nitrogens with one attached hydrogen (secondary N) is 1. The molecule has 2 fully saturated rings. The first-order valence-electron chi connectivity index (χ1n) is 8.88. The van der Waals surface area contributed by atoms with E-state index in [1.807, 2.05) is 0 Å². The Labute approximate surface area is 153 Å². The Morgan fingerprint density at radius 2 is 2.12 bits per heavy atom. The standard InChI is InChI=1S/C17H24N4O4S/c18-13(10-12-6-7-12)17(23)20-14-4-3-9-21(11-15(14)22)26(24,25)16-5-1-2-8-19-16/h1-2,5,8,12-14H,3-4,6-7,9-11,18H2,(H,20,23)/t13-,14?/m0/s1. The first-order valence-corrected chi connectivity index (χ1v) is 10.3. The third kappa shape index (κ3) is 4.46. The third-order valence-electron chi connectivity index (χ3n) is 4.80. The van der Waals surface area contributed by atoms with Crippen molar-refractivity contribution >= 4 is 21.7 Å². The maximum absolute atomic E-state index is 12.7. The molecular formula is C17H24N4O4S. The van der Waals surface area contributed by atoms with Gasteiger partial charge >= 0.3 is 0 Å². The number of nitrogens with two attached hydrogens (primary N) is 1. The van der Waals surface area contributed by atoms with Gasteiger partial charge in [0.1, 0.15) is 0 Å². The molecule has 1 unspecified atom stereocenters. The fourth-order valence-electron chi connectivity index (χ4n) is 3.08. The minimum atomic E-state index is -3.83. The highest BCUT2D eigenvalue weighted by Gasteiger charge is 2.34. The Bertz CT molecular complexity index is 764. The summed E-state index contributed by atoms with van der Waals surface area (Å²) in [4.78, 5) is 28.6. The van der Waals surface area contributed by atoms with Gasteiger partial charge in [-0.05, 0) is 37.3 Å². The molecule has 1 aliphatic heterocycles. The van der Waals surface area contributed by atoms with Crippen LogP contribution in [0.5, 0.6) is 0 Å². The topological polar surface area (TPSA) is 122 Å². The summed E-state index contributed by atoms with van der Waals surface area (Å²) in [7, 11) is -3.83. The monoisotopic (exact) mass is 380 g/mol. The number of Topliss-reactive ketones (excluding diaryl/α,β-unsaturated/α-hetero) is 1. The van der Waals surface area contributed by atoms with E-state index >= 15 is 0 Å². The van der Waals surface area contributed by atoms with Crippen molar-refractivity contribution in [3.8, 4) is 0 Å². The van der Waals surface area contributed by atoms with E-state index < -0.39 is 22.1 Å². The van der Waals surface area contributed by atoms with Crippen molar-refractivity contribution in [1.29, 1.82) is 0 Å². The number of nitrogens with zero attached hydrogens (tertiary/aromatic N) is 2. The average Bonchev–Trinajstić information content (AvgIpc) is 3.45. The van der Waals surface area contributed by atoms with Gasteiger partial charge in [-0.1, -0.05) is 18.9 Å². The predicted molar refractivity (Wildman–Crippen MR) is 94.5 cm³/mol. The predicted octanol–water partition coefficient (Wildman–Crippen LogP) is 0.0474. The van der Waals surface area contributed by atoms with E-state index in [1.54, 1.807) is 12.1 Å². The molecule has 1 saturated carbocycles. The first kappa shape index (κ1) is 18.9. The van der Waals surface area contributed by atoms with Crippen LogP contribution in [0.1, 0.15) is 32.1 Å². The highest BCUT2D eigenvalue weighted by atomic mass is 32.2. The smallest absolute Gasteiger partial charge is 0.260 e. The van der Waals surface area contributed by atoms with Crippen LogP contribution in [0.2, 0.25) is 0 Å². The van der Waals surface area contributed by atoms with Gasteiger partial charge in [-0.15, -0.1) is 0 Å². The minimum Gasteiger partial charge on any atom is -0.345 e. The van der Waals surface area contributed by atoms with Gasteiger partial charge in [0.15, 0.2) is 10.8 Å². The quantitative estimate of drug-likeness (QED) is 0.719. The number of hydrogen-bond acceptors (Lipinski definition) is 6. The molecule has 0 bridgehead atoms. The van der Waals surface area contributed by atoms with Gasteiger partial charge in [0.25, 0.3) is 10.0 Å². The Morgan fingerprint density at radius 3 is 2.77 bits per heavy atom. The zero-order chi connectivity index (χ0) is 18.7. The van der Waals surface area contributed by atoms with E-state index in [1.165, 1.54) is 12.3 Å². The van der Waals surface area contributed by atoms with Gasteiger partial charge in [-0.3, -0.25) is 9.59 Å². The van der Waals surface area contributed by atoms with Gasteiger partial charge in [0, 0.05) is 12.7 Å². The van der Waals surface area contributed by atoms with Crippen LogP contribution in [-0.2, 0) is 19.6 Å². The molecule has 1 aromatic heterocycles. The third-order valence-corrected chi connectivity index (χ3v) is 6.56. The van der Waals surface area contributed by atoms with E-state index in [-0.39, 0.29) is 29.8 Å². The van der Waals surface area contributed by atoms with Gasteiger partial charge in [-0.2, -0.15) is 4.31 Å². The van der Waals surface area contributed by atoms with Crippen molar-refractivity contribution in [2.24, 2.45) is 11.7 Å². The van der Waals surface area contributed by atoms with Crippen molar-refractivity contribution in [3.63, 3.8) is 0 Å². The van der Waals surface area contributed by atoms with E-state index in [9.17, 15) is 18.0 Å². The molecular weight excluding hydrogens is 356 g/mol. The summed E-state index contributed by atoms with van der Waals surface area (Å²) in [6, 6.07) is 3.30. The summed E-state index contributed by atoms with van der Waals surface area (Å²) in [5.41, 5.74) is 5.89. The molecule has 1 aromatic rings. The van der Waals surface area contributed by atoms with Crippen LogP contribution in [0.15, 0.2) is 29.4 Å². The fourth-order valence-corrected chi connectivity index (χ4v) is 4.46. The second kappa shape index (κ2) is 7.81. The largest absolute Gasteiger partial charge is 0.345 e. The molecule has 1 aliphatic carbocycles. The first-order chi connectivity index (χ1) is 12.4. The van der Waals surface area contributed by atoms with E-state index in [0.29, 0.717) is 25.2 Å². The number of amides is 1. The molecule has 0 spiro atoms. The summed E-state index contributed by atoms with van der Waals surface area (Å²) in [6.07, 6.45) is 5.10. The number of rotatable bonds is 6. The Hall–Kier alpha value is -1.84. The second-order valence-electron chi connectivity index (χ2n) is 6.96. The Kier molecular flexibility index (Phi) is 5.69. The zero-order valence-corrected chi connectivity index (χ0v) is 15.3. The summed E-state index contributed by atoms with van der Waals surface area (Å²) >= 11 is 0. The van der Waals surface area contributed by atoms with Gasteiger partial charge < -0.3 is 11.1 Å². The van der Waals surface area contributed by atoms with Gasteiger partial charge in [0.2, 0.25) is 5.91 Å². The van der Waals surface area contributed by atoms with Gasteiger partial charge in [-0.25, -0.2) is 13.4 Å². The average molecular weight is 380 g/mol. The van der Waals surface area contributed by atoms with Crippen molar-refractivity contribution in [3.05, 3.63) is 24.4 Å². The fraction of sp³-hybridized carbons (Fsp3) is 0.588. The molecule has 2 aliphatic rings. The van der Waals surface area contributed by atoms with Crippen LogP contribution < -0.4 is 11.1 Å². The summed E-state index contributed by atoms with van der Waals surface area (Å²) in [5.74, 6) is -0.148. The number of ketones is 1. The van der Waals surface area contributed by atoms with E-state index in [2.05, 4.69) is 10.3 Å². The van der Waals surface area contributed by atoms with Crippen LogP contribution in [0.25, 0.3) is 0 Å². The van der Waals surface area contributed by atoms with Crippen molar-refractivity contribution in [2.75, 3.05) is 13.1 Å². The molecule has 2 atom stereocenters.